The number of esters is 1. The van der Waals surface area contributed by atoms with Gasteiger partial charge in [0.05, 0.1) is 6.10 Å². The van der Waals surface area contributed by atoms with Crippen LogP contribution >= 0.6 is 22.6 Å². The predicted octanol–water partition coefficient (Wildman–Crippen LogP) is 5.69. The summed E-state index contributed by atoms with van der Waals surface area (Å²) in [7, 11) is 0. The number of ether oxygens (including phenoxy) is 2. The van der Waals surface area contributed by atoms with Crippen molar-refractivity contribution in [3.8, 4) is 11.1 Å². The van der Waals surface area contributed by atoms with Crippen LogP contribution in [0.5, 0.6) is 0 Å². The number of hydrogen-bond acceptors (Lipinski definition) is 4. The number of halogens is 1. The summed E-state index contributed by atoms with van der Waals surface area (Å²) in [6.45, 7) is 3.76. The van der Waals surface area contributed by atoms with Gasteiger partial charge in [-0.15, -0.1) is 0 Å². The Morgan fingerprint density at radius 2 is 1.48 bits per heavy atom. The van der Waals surface area contributed by atoms with Crippen LogP contribution in [0.1, 0.15) is 36.5 Å². The van der Waals surface area contributed by atoms with Crippen LogP contribution in [-0.2, 0) is 20.7 Å². The Hall–Kier alpha value is -2.87. The predicted molar refractivity (Wildman–Crippen MR) is 136 cm³/mol. The van der Waals surface area contributed by atoms with Gasteiger partial charge in [0.2, 0.25) is 0 Å². The molecule has 3 aromatic carbocycles. The number of carbonyl (C=O) groups excluding carboxylic acids is 2. The molecule has 1 amide bonds. The Morgan fingerprint density at radius 1 is 0.909 bits per heavy atom. The van der Waals surface area contributed by atoms with Gasteiger partial charge in [-0.05, 0) is 76.4 Å². The Labute approximate surface area is 207 Å². The molecule has 1 aliphatic rings. The van der Waals surface area contributed by atoms with E-state index in [-0.39, 0.29) is 18.6 Å². The second-order valence-corrected chi connectivity index (χ2v) is 9.58. The fraction of sp³-hybridized carbons (Fsp3) is 0.259. The van der Waals surface area contributed by atoms with Crippen molar-refractivity contribution in [3.63, 3.8) is 0 Å². The van der Waals surface area contributed by atoms with Crippen molar-refractivity contribution in [1.82, 2.24) is 5.32 Å². The van der Waals surface area contributed by atoms with Crippen LogP contribution in [0.25, 0.3) is 11.1 Å². The molecule has 33 heavy (non-hydrogen) atoms. The van der Waals surface area contributed by atoms with Crippen molar-refractivity contribution in [2.45, 2.75) is 38.3 Å². The van der Waals surface area contributed by atoms with E-state index < -0.39 is 18.1 Å². The first-order valence-electron chi connectivity index (χ1n) is 11.0. The number of rotatable bonds is 7. The summed E-state index contributed by atoms with van der Waals surface area (Å²) in [6, 6.07) is 23.3. The largest absolute Gasteiger partial charge is 0.461 e. The van der Waals surface area contributed by atoms with E-state index in [2.05, 4.69) is 52.2 Å². The molecule has 4 rings (SSSR count). The lowest BCUT2D eigenvalue weighted by Gasteiger charge is -2.20. The van der Waals surface area contributed by atoms with E-state index in [4.69, 9.17) is 9.47 Å². The SMILES string of the molecule is CC(C)OC(=O)[C@H](Cc1ccc(I)cc1)NC(=O)OCC1c2ccccc2-c2ccccc21. The van der Waals surface area contributed by atoms with Gasteiger partial charge in [0, 0.05) is 15.9 Å². The third-order valence-corrected chi connectivity index (χ3v) is 6.34. The van der Waals surface area contributed by atoms with Gasteiger partial charge in [-0.1, -0.05) is 60.7 Å². The molecule has 3 aromatic rings. The Kier molecular flexibility index (Phi) is 7.33. The minimum atomic E-state index is -0.830. The average molecular weight is 555 g/mol. The topological polar surface area (TPSA) is 64.6 Å². The minimum Gasteiger partial charge on any atom is -0.461 e. The first-order valence-corrected chi connectivity index (χ1v) is 12.1. The van der Waals surface area contributed by atoms with Gasteiger partial charge in [-0.25, -0.2) is 9.59 Å². The first-order chi connectivity index (χ1) is 15.9. The highest BCUT2D eigenvalue weighted by molar-refractivity contribution is 14.1. The molecule has 1 aliphatic carbocycles. The zero-order valence-corrected chi connectivity index (χ0v) is 20.7. The molecule has 5 nitrogen and oxygen atoms in total. The lowest BCUT2D eigenvalue weighted by atomic mass is 9.98. The Balaban J connectivity index is 1.45. The zero-order chi connectivity index (χ0) is 23.4. The molecule has 1 N–H and O–H groups in total. The summed E-state index contributed by atoms with van der Waals surface area (Å²) in [5, 5.41) is 2.72. The van der Waals surface area contributed by atoms with Gasteiger partial charge in [0.15, 0.2) is 0 Å². The highest BCUT2D eigenvalue weighted by Gasteiger charge is 2.30. The van der Waals surface area contributed by atoms with Crippen LogP contribution < -0.4 is 5.32 Å². The second-order valence-electron chi connectivity index (χ2n) is 8.34. The van der Waals surface area contributed by atoms with Crippen molar-refractivity contribution in [2.24, 2.45) is 0 Å². The summed E-state index contributed by atoms with van der Waals surface area (Å²) in [4.78, 5) is 25.4. The van der Waals surface area contributed by atoms with Gasteiger partial charge in [-0.3, -0.25) is 0 Å². The number of benzene rings is 3. The quantitative estimate of drug-likeness (QED) is 0.301. The molecule has 0 heterocycles. The van der Waals surface area contributed by atoms with Crippen molar-refractivity contribution < 1.29 is 19.1 Å². The van der Waals surface area contributed by atoms with Crippen LogP contribution in [0.3, 0.4) is 0 Å². The fourth-order valence-corrected chi connectivity index (χ4v) is 4.51. The van der Waals surface area contributed by atoms with E-state index in [0.717, 1.165) is 20.3 Å². The minimum absolute atomic E-state index is 0.0413. The number of amides is 1. The maximum atomic E-state index is 12.7. The molecule has 0 bridgehead atoms. The molecule has 0 aromatic heterocycles. The molecule has 1 atom stereocenters. The summed E-state index contributed by atoms with van der Waals surface area (Å²) in [6.07, 6.45) is -0.582. The van der Waals surface area contributed by atoms with Crippen LogP contribution in [0.2, 0.25) is 0 Å². The van der Waals surface area contributed by atoms with Crippen molar-refractivity contribution in [1.29, 1.82) is 0 Å². The van der Waals surface area contributed by atoms with Crippen molar-refractivity contribution >= 4 is 34.7 Å². The molecule has 0 saturated carbocycles. The van der Waals surface area contributed by atoms with Gasteiger partial charge in [0.25, 0.3) is 0 Å². The third kappa shape index (κ3) is 5.55. The Morgan fingerprint density at radius 3 is 2.06 bits per heavy atom. The molecule has 0 unspecified atom stereocenters. The van der Waals surface area contributed by atoms with Gasteiger partial charge < -0.3 is 14.8 Å². The van der Waals surface area contributed by atoms with Gasteiger partial charge in [-0.2, -0.15) is 0 Å². The van der Waals surface area contributed by atoms with E-state index in [9.17, 15) is 9.59 Å². The zero-order valence-electron chi connectivity index (χ0n) is 18.6. The summed E-state index contributed by atoms with van der Waals surface area (Å²) < 4.78 is 12.1. The molecule has 0 fully saturated rings. The number of fused-ring (bicyclic) bond motifs is 3. The molecule has 0 aliphatic heterocycles. The van der Waals surface area contributed by atoms with Crippen LogP contribution in [0, 0.1) is 3.57 Å². The molecule has 0 saturated heterocycles. The van der Waals surface area contributed by atoms with Crippen LogP contribution in [0.4, 0.5) is 4.79 Å². The number of alkyl carbamates (subject to hydrolysis) is 1. The number of hydrogen-bond donors (Lipinski definition) is 1. The molecule has 0 radical (unpaired) electrons. The molecular formula is C27H26INO4. The van der Waals surface area contributed by atoms with Crippen molar-refractivity contribution in [3.05, 3.63) is 93.1 Å². The van der Waals surface area contributed by atoms with E-state index in [0.29, 0.717) is 6.42 Å². The van der Waals surface area contributed by atoms with Gasteiger partial charge in [0.1, 0.15) is 12.6 Å². The maximum Gasteiger partial charge on any atom is 0.407 e. The summed E-state index contributed by atoms with van der Waals surface area (Å²) >= 11 is 2.23. The summed E-state index contributed by atoms with van der Waals surface area (Å²) in [5.74, 6) is -0.516. The standard InChI is InChI=1S/C27H26INO4/c1-17(2)33-26(30)25(15-18-11-13-19(28)14-12-18)29-27(31)32-16-24-22-9-5-3-7-20(22)21-8-4-6-10-23(21)24/h3-14,17,24-25H,15-16H2,1-2H3,(H,29,31)/t25-/m0/s1. The number of carbonyl (C=O) groups is 2. The maximum absolute atomic E-state index is 12.7. The highest BCUT2D eigenvalue weighted by atomic mass is 127. The molecular weight excluding hydrogens is 529 g/mol. The van der Waals surface area contributed by atoms with E-state index >= 15 is 0 Å². The lowest BCUT2D eigenvalue weighted by molar-refractivity contribution is -0.149. The second kappa shape index (κ2) is 10.4. The fourth-order valence-electron chi connectivity index (χ4n) is 4.15. The van der Waals surface area contributed by atoms with E-state index in [1.165, 1.54) is 11.1 Å². The average Bonchev–Trinajstić information content (AvgIpc) is 3.12. The van der Waals surface area contributed by atoms with E-state index in [1.54, 1.807) is 13.8 Å². The normalized spacial score (nSPS) is 13.2. The molecule has 0 spiro atoms. The first kappa shape index (κ1) is 23.3. The number of nitrogens with one attached hydrogen (secondary N) is 1. The summed E-state index contributed by atoms with van der Waals surface area (Å²) in [5.41, 5.74) is 5.54. The highest BCUT2D eigenvalue weighted by Crippen LogP contribution is 2.44. The molecule has 6 heteroatoms. The Bertz CT molecular complexity index is 1100. The van der Waals surface area contributed by atoms with Crippen molar-refractivity contribution in [2.75, 3.05) is 6.61 Å². The smallest absolute Gasteiger partial charge is 0.407 e. The third-order valence-electron chi connectivity index (χ3n) is 5.63. The van der Waals surface area contributed by atoms with Crippen LogP contribution in [0.15, 0.2) is 72.8 Å². The van der Waals surface area contributed by atoms with Gasteiger partial charge >= 0.3 is 12.1 Å². The monoisotopic (exact) mass is 555 g/mol. The van der Waals surface area contributed by atoms with E-state index in [1.807, 2.05) is 48.5 Å². The lowest BCUT2D eigenvalue weighted by Crippen LogP contribution is -2.44. The molecule has 170 valence electrons. The van der Waals surface area contributed by atoms with Crippen LogP contribution in [-0.4, -0.2) is 30.8 Å².